The number of nitrogens with zero attached hydrogens (tertiary/aromatic N) is 1. The second-order valence-electron chi connectivity index (χ2n) is 2.40. The highest BCUT2D eigenvalue weighted by Gasteiger charge is 2.01. The molecule has 0 saturated heterocycles. The predicted molar refractivity (Wildman–Crippen MR) is 46.7 cm³/mol. The first-order chi connectivity index (χ1) is 4.72. The Hall–Kier alpha value is -0.570. The molecular weight excluding hydrogens is 144 g/mol. The molecule has 0 radical (unpaired) electrons. The zero-order valence-corrected chi connectivity index (χ0v) is 7.11. The third-order valence-electron chi connectivity index (χ3n) is 1.33. The van der Waals surface area contributed by atoms with Gasteiger partial charge in [-0.25, -0.2) is 0 Å². The van der Waals surface area contributed by atoms with Crippen molar-refractivity contribution in [3.63, 3.8) is 0 Å². The van der Waals surface area contributed by atoms with E-state index in [0.717, 1.165) is 5.03 Å². The lowest BCUT2D eigenvalue weighted by Crippen LogP contribution is -1.90. The quantitative estimate of drug-likeness (QED) is 0.651. The molecule has 1 N–H and O–H groups in total. The van der Waals surface area contributed by atoms with Gasteiger partial charge in [-0.2, -0.15) is 5.10 Å². The number of aromatic amines is 1. The number of rotatable bonds is 2. The van der Waals surface area contributed by atoms with Crippen molar-refractivity contribution in [2.24, 2.45) is 0 Å². The molecule has 1 aromatic rings. The molecular formula is C7H12N2S. The molecule has 3 heteroatoms. The van der Waals surface area contributed by atoms with Crippen molar-refractivity contribution in [3.8, 4) is 0 Å². The van der Waals surface area contributed by atoms with Crippen LogP contribution in [0.1, 0.15) is 13.8 Å². The summed E-state index contributed by atoms with van der Waals surface area (Å²) in [5, 5.41) is 8.53. The van der Waals surface area contributed by atoms with E-state index in [-0.39, 0.29) is 10.5 Å². The average molecular weight is 156 g/mol. The zero-order chi connectivity index (χ0) is 7.56. The van der Waals surface area contributed by atoms with Gasteiger partial charge >= 0.3 is 0 Å². The van der Waals surface area contributed by atoms with Crippen LogP contribution < -0.4 is 0 Å². The Kier molecular flexibility index (Phi) is 2.27. The van der Waals surface area contributed by atoms with Gasteiger partial charge in [-0.15, -0.1) is 10.5 Å². The minimum absolute atomic E-state index is 0.0779. The molecule has 1 aromatic heterocycles. The number of hydrogen-bond donors (Lipinski definition) is 1. The van der Waals surface area contributed by atoms with E-state index < -0.39 is 0 Å². The van der Waals surface area contributed by atoms with E-state index in [2.05, 4.69) is 29.9 Å². The van der Waals surface area contributed by atoms with Crippen molar-refractivity contribution in [2.45, 2.75) is 24.1 Å². The van der Waals surface area contributed by atoms with Crippen LogP contribution in [-0.2, 0) is 0 Å². The number of H-pyrrole nitrogens is 1. The fourth-order valence-electron chi connectivity index (χ4n) is 0.643. The summed E-state index contributed by atoms with van der Waals surface area (Å²) in [5.74, 6) is 4.04. The van der Waals surface area contributed by atoms with Crippen LogP contribution in [0.3, 0.4) is 0 Å². The van der Waals surface area contributed by atoms with E-state index in [9.17, 15) is 0 Å². The molecule has 0 aliphatic carbocycles. The first-order valence-corrected chi connectivity index (χ1v) is 4.69. The molecule has 10 heavy (non-hydrogen) atoms. The van der Waals surface area contributed by atoms with Crippen LogP contribution in [0, 0.1) is 0 Å². The van der Waals surface area contributed by atoms with Gasteiger partial charge in [0, 0.05) is 6.20 Å². The average Bonchev–Trinajstić information content (AvgIpc) is 2.36. The third-order valence-corrected chi connectivity index (χ3v) is 3.26. The Morgan fingerprint density at radius 2 is 2.40 bits per heavy atom. The van der Waals surface area contributed by atoms with E-state index in [4.69, 9.17) is 0 Å². The Bertz CT molecular complexity index is 214. The highest BCUT2D eigenvalue weighted by Crippen LogP contribution is 2.26. The molecule has 0 spiro atoms. The molecule has 0 fully saturated rings. The van der Waals surface area contributed by atoms with Gasteiger partial charge in [0.25, 0.3) is 0 Å². The summed E-state index contributed by atoms with van der Waals surface area (Å²) in [6, 6.07) is 1.98. The largest absolute Gasteiger partial charge is 0.272 e. The molecule has 0 saturated carbocycles. The van der Waals surface area contributed by atoms with E-state index in [1.807, 2.05) is 6.07 Å². The van der Waals surface area contributed by atoms with Crippen LogP contribution >= 0.6 is 10.5 Å². The monoisotopic (exact) mass is 156 g/mol. The molecule has 0 aliphatic heterocycles. The number of nitrogens with one attached hydrogen (secondary N) is 1. The highest BCUT2D eigenvalue weighted by molar-refractivity contribution is 8.14. The van der Waals surface area contributed by atoms with Gasteiger partial charge in [-0.05, 0) is 11.3 Å². The molecule has 1 heterocycles. The van der Waals surface area contributed by atoms with Crippen molar-refractivity contribution >= 4 is 16.4 Å². The standard InChI is InChI=1S/C7H12N2S/c1-6(2)10(3)7-4-5-8-9-7/h4-6H,3H2,1-2H3,(H,8,9). The summed E-state index contributed by atoms with van der Waals surface area (Å²) in [4.78, 5) is 0. The minimum Gasteiger partial charge on any atom is -0.272 e. The maximum atomic E-state index is 4.04. The Morgan fingerprint density at radius 3 is 2.80 bits per heavy atom. The van der Waals surface area contributed by atoms with Crippen molar-refractivity contribution in [1.82, 2.24) is 10.2 Å². The highest BCUT2D eigenvalue weighted by atomic mass is 32.2. The van der Waals surface area contributed by atoms with Gasteiger partial charge in [-0.1, -0.05) is 19.7 Å². The summed E-state index contributed by atoms with van der Waals surface area (Å²) >= 11 is 0. The molecule has 0 aliphatic rings. The second-order valence-corrected chi connectivity index (χ2v) is 4.64. The van der Waals surface area contributed by atoms with Crippen molar-refractivity contribution in [1.29, 1.82) is 0 Å². The fraction of sp³-hybridized carbons (Fsp3) is 0.429. The van der Waals surface area contributed by atoms with E-state index in [1.54, 1.807) is 6.20 Å². The SMILES string of the molecule is C=S(c1ccn[nH]1)C(C)C. The molecule has 56 valence electrons. The van der Waals surface area contributed by atoms with Crippen molar-refractivity contribution in [3.05, 3.63) is 12.3 Å². The summed E-state index contributed by atoms with van der Waals surface area (Å²) < 4.78 is 0. The van der Waals surface area contributed by atoms with Crippen LogP contribution in [0.15, 0.2) is 17.3 Å². The van der Waals surface area contributed by atoms with Crippen molar-refractivity contribution in [2.75, 3.05) is 0 Å². The summed E-state index contributed by atoms with van der Waals surface area (Å²) in [6.45, 7) is 4.33. The zero-order valence-electron chi connectivity index (χ0n) is 6.29. The molecule has 1 atom stereocenters. The van der Waals surface area contributed by atoms with Crippen LogP contribution in [0.2, 0.25) is 0 Å². The molecule has 1 rings (SSSR count). The van der Waals surface area contributed by atoms with Crippen LogP contribution in [0.25, 0.3) is 0 Å². The summed E-state index contributed by atoms with van der Waals surface area (Å²) in [5.41, 5.74) is 0. The normalized spacial score (nSPS) is 13.9. The lowest BCUT2D eigenvalue weighted by atomic mass is 10.6. The Labute approximate surface area is 63.6 Å². The van der Waals surface area contributed by atoms with E-state index >= 15 is 0 Å². The molecule has 0 bridgehead atoms. The predicted octanol–water partition coefficient (Wildman–Crippen LogP) is 1.88. The minimum atomic E-state index is 0.0779. The summed E-state index contributed by atoms with van der Waals surface area (Å²) in [7, 11) is 0.0779. The number of hydrogen-bond acceptors (Lipinski definition) is 1. The molecule has 1 unspecified atom stereocenters. The number of aromatic nitrogens is 2. The van der Waals surface area contributed by atoms with E-state index in [0.29, 0.717) is 5.25 Å². The van der Waals surface area contributed by atoms with E-state index in [1.165, 1.54) is 0 Å². The maximum Gasteiger partial charge on any atom is 0.0850 e. The molecule has 0 amide bonds. The Morgan fingerprint density at radius 1 is 1.70 bits per heavy atom. The van der Waals surface area contributed by atoms with Crippen molar-refractivity contribution < 1.29 is 0 Å². The van der Waals surface area contributed by atoms with Crippen LogP contribution in [0.5, 0.6) is 0 Å². The van der Waals surface area contributed by atoms with Crippen LogP contribution in [0.4, 0.5) is 0 Å². The maximum absolute atomic E-state index is 4.04. The van der Waals surface area contributed by atoms with Gasteiger partial charge < -0.3 is 0 Å². The first kappa shape index (κ1) is 7.54. The van der Waals surface area contributed by atoms with Gasteiger partial charge in [0.1, 0.15) is 0 Å². The molecule has 0 aromatic carbocycles. The van der Waals surface area contributed by atoms with Gasteiger partial charge in [0.05, 0.1) is 5.03 Å². The van der Waals surface area contributed by atoms with Crippen LogP contribution in [-0.4, -0.2) is 21.3 Å². The van der Waals surface area contributed by atoms with Gasteiger partial charge in [-0.3, -0.25) is 5.10 Å². The lowest BCUT2D eigenvalue weighted by Gasteiger charge is -2.06. The first-order valence-electron chi connectivity index (χ1n) is 3.24. The Balaban J connectivity index is 2.78. The molecule has 2 nitrogen and oxygen atoms in total. The van der Waals surface area contributed by atoms with Gasteiger partial charge in [0.15, 0.2) is 0 Å². The summed E-state index contributed by atoms with van der Waals surface area (Å²) in [6.07, 6.45) is 1.77. The third kappa shape index (κ3) is 1.48. The smallest absolute Gasteiger partial charge is 0.0850 e. The fourth-order valence-corrected chi connectivity index (χ4v) is 1.56. The van der Waals surface area contributed by atoms with Gasteiger partial charge in [0.2, 0.25) is 0 Å². The topological polar surface area (TPSA) is 28.7 Å². The lowest BCUT2D eigenvalue weighted by molar-refractivity contribution is 0.991. The second kappa shape index (κ2) is 3.01.